The van der Waals surface area contributed by atoms with E-state index in [9.17, 15) is 10.1 Å². The molecule has 0 unspecified atom stereocenters. The molecule has 29 heavy (non-hydrogen) atoms. The fourth-order valence-electron chi connectivity index (χ4n) is 3.29. The molecule has 0 aliphatic carbocycles. The van der Waals surface area contributed by atoms with Gasteiger partial charge in [-0.25, -0.2) is 4.98 Å². The minimum absolute atomic E-state index is 0.0656. The van der Waals surface area contributed by atoms with E-state index in [-0.39, 0.29) is 11.6 Å². The molecule has 5 rings (SSSR count). The molecule has 0 atom stereocenters. The number of hydrogen-bond donors (Lipinski definition) is 0. The molecule has 3 aromatic carbocycles. The summed E-state index contributed by atoms with van der Waals surface area (Å²) < 4.78 is 11.2. The van der Waals surface area contributed by atoms with Gasteiger partial charge in [-0.2, -0.15) is 4.89 Å². The van der Waals surface area contributed by atoms with Crippen LogP contribution in [-0.2, 0) is 11.5 Å². The van der Waals surface area contributed by atoms with Gasteiger partial charge >= 0.3 is 0 Å². The van der Waals surface area contributed by atoms with E-state index in [2.05, 4.69) is 4.98 Å². The molecule has 8 heteroatoms. The largest absolute Gasteiger partial charge is 0.496 e. The second kappa shape index (κ2) is 6.61. The molecule has 0 fully saturated rings. The highest BCUT2D eigenvalue weighted by Crippen LogP contribution is 2.36. The van der Waals surface area contributed by atoms with Crippen molar-refractivity contribution >= 4 is 16.8 Å². The predicted octanol–water partition coefficient (Wildman–Crippen LogP) is 4.90. The summed E-state index contributed by atoms with van der Waals surface area (Å²) in [6.45, 7) is 0.437. The van der Waals surface area contributed by atoms with E-state index in [1.54, 1.807) is 0 Å². The summed E-state index contributed by atoms with van der Waals surface area (Å²) in [4.78, 5) is 25.3. The van der Waals surface area contributed by atoms with Crippen molar-refractivity contribution < 1.29 is 23.9 Å². The third kappa shape index (κ3) is 2.95. The second-order valence-electron chi connectivity index (χ2n) is 6.51. The summed E-state index contributed by atoms with van der Waals surface area (Å²) >= 11 is 0. The molecular formula is C21H14N2O6. The van der Waals surface area contributed by atoms with Crippen LogP contribution in [-0.4, -0.2) is 17.0 Å². The first kappa shape index (κ1) is 17.2. The molecule has 144 valence electrons. The van der Waals surface area contributed by atoms with E-state index in [1.807, 2.05) is 36.4 Å². The summed E-state index contributed by atoms with van der Waals surface area (Å²) in [6.07, 6.45) is 0. The number of nitrogens with zero attached hydrogens (tertiary/aromatic N) is 2. The van der Waals surface area contributed by atoms with Gasteiger partial charge in [0.25, 0.3) is 5.69 Å². The number of non-ortho nitro benzene ring substituents is 1. The molecule has 2 heterocycles. The van der Waals surface area contributed by atoms with Crippen LogP contribution in [0.15, 0.2) is 59.0 Å². The molecule has 1 aromatic heterocycles. The number of benzene rings is 3. The first-order valence-corrected chi connectivity index (χ1v) is 8.78. The third-order valence-electron chi connectivity index (χ3n) is 4.78. The predicted molar refractivity (Wildman–Crippen MR) is 104 cm³/mol. The van der Waals surface area contributed by atoms with Crippen molar-refractivity contribution in [3.05, 3.63) is 70.3 Å². The zero-order valence-corrected chi connectivity index (χ0v) is 15.2. The van der Waals surface area contributed by atoms with Crippen LogP contribution in [0.3, 0.4) is 0 Å². The van der Waals surface area contributed by atoms with Gasteiger partial charge in [-0.1, -0.05) is 18.2 Å². The number of oxazole rings is 1. The van der Waals surface area contributed by atoms with Crippen LogP contribution in [0.25, 0.3) is 33.7 Å². The zero-order valence-electron chi connectivity index (χ0n) is 15.2. The van der Waals surface area contributed by atoms with Gasteiger partial charge in [-0.05, 0) is 35.4 Å². The summed E-state index contributed by atoms with van der Waals surface area (Å²) in [5.41, 5.74) is 4.43. The van der Waals surface area contributed by atoms with Gasteiger partial charge in [0, 0.05) is 17.7 Å². The van der Waals surface area contributed by atoms with E-state index in [4.69, 9.17) is 18.9 Å². The van der Waals surface area contributed by atoms with Crippen LogP contribution in [0.4, 0.5) is 5.69 Å². The quantitative estimate of drug-likeness (QED) is 0.278. The minimum Gasteiger partial charge on any atom is -0.496 e. The number of rotatable bonds is 4. The third-order valence-corrected chi connectivity index (χ3v) is 4.78. The summed E-state index contributed by atoms with van der Waals surface area (Å²) in [5.74, 6) is 1.39. The molecule has 1 aliphatic rings. The average Bonchev–Trinajstić information content (AvgIpc) is 3.38. The Balaban J connectivity index is 1.58. The van der Waals surface area contributed by atoms with Crippen LogP contribution in [0.1, 0.15) is 5.56 Å². The molecule has 0 amide bonds. The monoisotopic (exact) mass is 390 g/mol. The summed E-state index contributed by atoms with van der Waals surface area (Å²) in [6, 6.07) is 15.8. The number of nitro benzene ring substituents is 1. The maximum atomic E-state index is 11.1. The highest BCUT2D eigenvalue weighted by Gasteiger charge is 2.19. The Hall–Kier alpha value is -3.91. The summed E-state index contributed by atoms with van der Waals surface area (Å²) in [5, 5.41) is 11.1. The lowest BCUT2D eigenvalue weighted by Crippen LogP contribution is -1.92. The highest BCUT2D eigenvalue weighted by atomic mass is 17.2. The lowest BCUT2D eigenvalue weighted by Gasteiger charge is -2.04. The summed E-state index contributed by atoms with van der Waals surface area (Å²) in [7, 11) is 1.49. The van der Waals surface area contributed by atoms with E-state index in [0.29, 0.717) is 34.8 Å². The minimum atomic E-state index is -0.469. The first-order chi connectivity index (χ1) is 14.1. The lowest BCUT2D eigenvalue weighted by molar-refractivity contribution is -0.384. The molecule has 8 nitrogen and oxygen atoms in total. The number of fused-ring (bicyclic) bond motifs is 2. The van der Waals surface area contributed by atoms with Crippen LogP contribution < -0.4 is 9.62 Å². The van der Waals surface area contributed by atoms with Gasteiger partial charge in [0.1, 0.15) is 17.9 Å². The van der Waals surface area contributed by atoms with Gasteiger partial charge < -0.3 is 14.0 Å². The van der Waals surface area contributed by atoms with Crippen molar-refractivity contribution in [1.29, 1.82) is 0 Å². The molecule has 0 N–H and O–H groups in total. The Morgan fingerprint density at radius 3 is 2.72 bits per heavy atom. The van der Waals surface area contributed by atoms with Gasteiger partial charge in [0.15, 0.2) is 11.3 Å². The first-order valence-electron chi connectivity index (χ1n) is 8.78. The van der Waals surface area contributed by atoms with E-state index in [1.165, 1.54) is 25.3 Å². The van der Waals surface area contributed by atoms with Crippen molar-refractivity contribution in [3.63, 3.8) is 0 Å². The van der Waals surface area contributed by atoms with Crippen molar-refractivity contribution in [2.45, 2.75) is 6.61 Å². The number of aromatic nitrogens is 1. The van der Waals surface area contributed by atoms with Crippen LogP contribution in [0.2, 0.25) is 0 Å². The smallest absolute Gasteiger partial charge is 0.270 e. The molecule has 0 saturated heterocycles. The molecule has 0 saturated carbocycles. The van der Waals surface area contributed by atoms with E-state index < -0.39 is 4.92 Å². The van der Waals surface area contributed by atoms with Crippen LogP contribution >= 0.6 is 0 Å². The van der Waals surface area contributed by atoms with Gasteiger partial charge in [-0.15, -0.1) is 0 Å². The van der Waals surface area contributed by atoms with Gasteiger partial charge in [0.05, 0.1) is 17.6 Å². The Kier molecular flexibility index (Phi) is 3.92. The molecule has 0 bridgehead atoms. The highest BCUT2D eigenvalue weighted by molar-refractivity contribution is 5.83. The van der Waals surface area contributed by atoms with E-state index >= 15 is 0 Å². The van der Waals surface area contributed by atoms with Crippen LogP contribution in [0.5, 0.6) is 11.5 Å². The van der Waals surface area contributed by atoms with Gasteiger partial charge in [-0.3, -0.25) is 10.1 Å². The standard InChI is InChI=1S/C21H14N2O6/c1-26-18-7-5-15(23(24)25)10-16(18)21-22-17-8-12(4-6-19(17)28-21)13-2-3-14-11-27-29-20(14)9-13/h2-10H,11H2,1H3. The number of methoxy groups -OCH3 is 1. The zero-order chi connectivity index (χ0) is 20.0. The Bertz CT molecular complexity index is 1260. The molecular weight excluding hydrogens is 376 g/mol. The molecule has 4 aromatic rings. The molecule has 0 spiro atoms. The maximum absolute atomic E-state index is 11.1. The maximum Gasteiger partial charge on any atom is 0.270 e. The van der Waals surface area contributed by atoms with Crippen molar-refractivity contribution in [2.75, 3.05) is 7.11 Å². The second-order valence-corrected chi connectivity index (χ2v) is 6.51. The topological polar surface area (TPSA) is 96.9 Å². The number of hydrogen-bond acceptors (Lipinski definition) is 7. The molecule has 0 radical (unpaired) electrons. The Morgan fingerprint density at radius 1 is 1.07 bits per heavy atom. The molecule has 1 aliphatic heterocycles. The van der Waals surface area contributed by atoms with Crippen molar-refractivity contribution in [1.82, 2.24) is 4.98 Å². The fraction of sp³-hybridized carbons (Fsp3) is 0.0952. The van der Waals surface area contributed by atoms with E-state index in [0.717, 1.165) is 16.7 Å². The number of ether oxygens (including phenoxy) is 1. The fourth-order valence-corrected chi connectivity index (χ4v) is 3.29. The number of nitro groups is 1. The lowest BCUT2D eigenvalue weighted by atomic mass is 10.0. The Labute approximate surface area is 164 Å². The SMILES string of the molecule is COc1ccc([N+](=O)[O-])cc1-c1nc2cc(-c3ccc4c(c3)OOC4)ccc2o1. The van der Waals surface area contributed by atoms with Gasteiger partial charge in [0.2, 0.25) is 5.89 Å². The van der Waals surface area contributed by atoms with Crippen molar-refractivity contribution in [3.8, 4) is 34.1 Å². The average molecular weight is 390 g/mol. The normalized spacial score (nSPS) is 12.6. The van der Waals surface area contributed by atoms with Crippen LogP contribution in [0, 0.1) is 10.1 Å². The Morgan fingerprint density at radius 2 is 1.90 bits per heavy atom. The van der Waals surface area contributed by atoms with Crippen molar-refractivity contribution in [2.24, 2.45) is 0 Å².